The highest BCUT2D eigenvalue weighted by Crippen LogP contribution is 2.28. The van der Waals surface area contributed by atoms with Crippen LogP contribution in [0.5, 0.6) is 0 Å². The van der Waals surface area contributed by atoms with E-state index in [0.29, 0.717) is 49.0 Å². The molecule has 2 aromatic heterocycles. The highest BCUT2D eigenvalue weighted by atomic mass is 32.2. The fourth-order valence-electron chi connectivity index (χ4n) is 3.67. The monoisotopic (exact) mass is 395 g/mol. The molecule has 0 spiro atoms. The second-order valence-electron chi connectivity index (χ2n) is 6.74. The Bertz CT molecular complexity index is 1270. The molecule has 5 rings (SSSR count). The quantitative estimate of drug-likeness (QED) is 0.610. The van der Waals surface area contributed by atoms with Crippen LogP contribution in [0.2, 0.25) is 0 Å². The largest absolute Gasteiger partial charge is 0.353 e. The van der Waals surface area contributed by atoms with Crippen LogP contribution in [0.15, 0.2) is 68.8 Å². The van der Waals surface area contributed by atoms with Crippen LogP contribution in [0.1, 0.15) is 5.56 Å². The Labute approximate surface area is 161 Å². The number of fused-ring (bicyclic) bond motifs is 2. The molecule has 0 bridgehead atoms. The Balaban J connectivity index is 1.40. The van der Waals surface area contributed by atoms with Crippen LogP contribution in [0.25, 0.3) is 5.65 Å². The number of hydrogen-bond acceptors (Lipinski definition) is 6. The van der Waals surface area contributed by atoms with Crippen molar-refractivity contribution < 1.29 is 8.42 Å². The van der Waals surface area contributed by atoms with Crippen LogP contribution in [0.3, 0.4) is 0 Å². The zero-order valence-electron chi connectivity index (χ0n) is 14.9. The first-order chi connectivity index (χ1) is 13.5. The number of sulfonamides is 1. The van der Waals surface area contributed by atoms with Crippen molar-refractivity contribution in [1.29, 1.82) is 0 Å². The van der Waals surface area contributed by atoms with Crippen LogP contribution in [0.4, 0.5) is 5.82 Å². The van der Waals surface area contributed by atoms with Crippen LogP contribution in [-0.4, -0.2) is 54.7 Å². The molecule has 0 atom stereocenters. The number of piperazine rings is 1. The number of anilines is 1. The van der Waals surface area contributed by atoms with Crippen molar-refractivity contribution in [1.82, 2.24) is 14.3 Å². The van der Waals surface area contributed by atoms with Crippen LogP contribution in [0, 0.1) is 0 Å². The fraction of sp³-hybridized carbons (Fsp3) is 0.211. The average molecular weight is 395 g/mol. The summed E-state index contributed by atoms with van der Waals surface area (Å²) in [7, 11) is -3.62. The maximum Gasteiger partial charge on any atom is 0.285 e. The van der Waals surface area contributed by atoms with E-state index in [1.807, 2.05) is 21.9 Å². The van der Waals surface area contributed by atoms with E-state index in [9.17, 15) is 13.2 Å². The first-order valence-corrected chi connectivity index (χ1v) is 10.4. The van der Waals surface area contributed by atoms with E-state index in [1.54, 1.807) is 36.5 Å². The summed E-state index contributed by atoms with van der Waals surface area (Å²) < 4.78 is 30.1. The Morgan fingerprint density at radius 2 is 1.61 bits per heavy atom. The third-order valence-corrected chi connectivity index (χ3v) is 6.40. The lowest BCUT2D eigenvalue weighted by atomic mass is 10.1. The summed E-state index contributed by atoms with van der Waals surface area (Å²) in [6.45, 7) is 2.43. The zero-order valence-corrected chi connectivity index (χ0v) is 15.7. The average Bonchev–Trinajstić information content (AvgIpc) is 2.99. The van der Waals surface area contributed by atoms with E-state index in [1.165, 1.54) is 10.5 Å². The van der Waals surface area contributed by atoms with Gasteiger partial charge in [-0.2, -0.15) is 8.42 Å². The molecule has 1 saturated heterocycles. The molecule has 0 amide bonds. The van der Waals surface area contributed by atoms with Gasteiger partial charge in [0.2, 0.25) is 0 Å². The summed E-state index contributed by atoms with van der Waals surface area (Å²) in [5, 5.41) is 0. The Hall–Kier alpha value is -3.20. The maximum absolute atomic E-state index is 12.3. The third-order valence-electron chi connectivity index (χ3n) is 5.07. The Morgan fingerprint density at radius 3 is 2.43 bits per heavy atom. The second-order valence-corrected chi connectivity index (χ2v) is 8.31. The molecule has 0 radical (unpaired) electrons. The molecule has 28 heavy (non-hydrogen) atoms. The third kappa shape index (κ3) is 2.66. The summed E-state index contributed by atoms with van der Waals surface area (Å²) in [5.74, 6) is 1.14. The van der Waals surface area contributed by atoms with Gasteiger partial charge in [0, 0.05) is 44.0 Å². The SMILES string of the molecule is O=c1cc(N2CCN(C3=NS(=O)(=O)c4ccccc43)CC2)nc2ccccn12. The van der Waals surface area contributed by atoms with Crippen LogP contribution in [-0.2, 0) is 10.0 Å². The Kier molecular flexibility index (Phi) is 3.73. The minimum Gasteiger partial charge on any atom is -0.353 e. The first kappa shape index (κ1) is 16.9. The minimum absolute atomic E-state index is 0.122. The predicted molar refractivity (Wildman–Crippen MR) is 105 cm³/mol. The highest BCUT2D eigenvalue weighted by Gasteiger charge is 2.33. The number of pyridine rings is 1. The van der Waals surface area contributed by atoms with E-state index in [4.69, 9.17) is 0 Å². The number of aromatic nitrogens is 2. The van der Waals surface area contributed by atoms with E-state index in [2.05, 4.69) is 9.38 Å². The number of hydrogen-bond donors (Lipinski definition) is 0. The normalized spacial score (nSPS) is 18.2. The van der Waals surface area contributed by atoms with Gasteiger partial charge < -0.3 is 9.80 Å². The molecule has 1 fully saturated rings. The van der Waals surface area contributed by atoms with Crippen LogP contribution >= 0.6 is 0 Å². The van der Waals surface area contributed by atoms with Gasteiger partial charge in [-0.1, -0.05) is 18.2 Å². The molecule has 9 heteroatoms. The number of benzene rings is 1. The lowest BCUT2D eigenvalue weighted by Crippen LogP contribution is -2.49. The molecular formula is C19H17N5O3S. The van der Waals surface area contributed by atoms with E-state index in [-0.39, 0.29) is 10.5 Å². The van der Waals surface area contributed by atoms with Crippen molar-refractivity contribution in [3.63, 3.8) is 0 Å². The molecule has 142 valence electrons. The summed E-state index contributed by atoms with van der Waals surface area (Å²) in [5.41, 5.74) is 1.13. The van der Waals surface area contributed by atoms with Gasteiger partial charge in [0.15, 0.2) is 5.84 Å². The van der Waals surface area contributed by atoms with E-state index < -0.39 is 10.0 Å². The molecule has 0 saturated carbocycles. The van der Waals surface area contributed by atoms with Crippen molar-refractivity contribution in [2.45, 2.75) is 4.90 Å². The number of nitrogens with zero attached hydrogens (tertiary/aromatic N) is 5. The fourth-order valence-corrected chi connectivity index (χ4v) is 4.89. The lowest BCUT2D eigenvalue weighted by Gasteiger charge is -2.36. The molecular weight excluding hydrogens is 378 g/mol. The Morgan fingerprint density at radius 1 is 0.893 bits per heavy atom. The van der Waals surface area contributed by atoms with Gasteiger partial charge in [-0.25, -0.2) is 4.98 Å². The lowest BCUT2D eigenvalue weighted by molar-refractivity contribution is 0.386. The van der Waals surface area contributed by atoms with Gasteiger partial charge in [0.05, 0.1) is 0 Å². The molecule has 0 N–H and O–H groups in total. The summed E-state index contributed by atoms with van der Waals surface area (Å²) in [4.78, 5) is 21.2. The first-order valence-electron chi connectivity index (χ1n) is 8.96. The van der Waals surface area contributed by atoms with Crippen molar-refractivity contribution in [2.24, 2.45) is 4.40 Å². The van der Waals surface area contributed by atoms with Crippen molar-refractivity contribution in [3.8, 4) is 0 Å². The summed E-state index contributed by atoms with van der Waals surface area (Å²) in [6, 6.07) is 13.9. The molecule has 2 aliphatic heterocycles. The highest BCUT2D eigenvalue weighted by molar-refractivity contribution is 7.90. The van der Waals surface area contributed by atoms with Gasteiger partial charge >= 0.3 is 0 Å². The molecule has 4 heterocycles. The molecule has 8 nitrogen and oxygen atoms in total. The summed E-state index contributed by atoms with van der Waals surface area (Å²) in [6.07, 6.45) is 1.70. The number of rotatable bonds is 1. The smallest absolute Gasteiger partial charge is 0.285 e. The van der Waals surface area contributed by atoms with Gasteiger partial charge in [0.1, 0.15) is 16.4 Å². The number of amidine groups is 1. The predicted octanol–water partition coefficient (Wildman–Crippen LogP) is 0.966. The second kappa shape index (κ2) is 6.16. The standard InChI is InChI=1S/C19H17N5O3S/c25-18-13-17(20-16-7-3-4-8-24(16)18)22-9-11-23(12-10-22)19-14-5-1-2-6-15(14)28(26,27)21-19/h1-8,13H,9-12H2. The van der Waals surface area contributed by atoms with Crippen molar-refractivity contribution >= 4 is 27.3 Å². The summed E-state index contributed by atoms with van der Waals surface area (Å²) >= 11 is 0. The molecule has 2 aliphatic rings. The van der Waals surface area contributed by atoms with Crippen molar-refractivity contribution in [2.75, 3.05) is 31.1 Å². The molecule has 1 aromatic carbocycles. The van der Waals surface area contributed by atoms with Crippen LogP contribution < -0.4 is 10.5 Å². The van der Waals surface area contributed by atoms with Gasteiger partial charge in [0.25, 0.3) is 15.6 Å². The topological polar surface area (TPSA) is 87.4 Å². The van der Waals surface area contributed by atoms with Gasteiger partial charge in [-0.3, -0.25) is 9.20 Å². The van der Waals surface area contributed by atoms with Crippen molar-refractivity contribution in [3.05, 3.63) is 70.6 Å². The zero-order chi connectivity index (χ0) is 19.3. The minimum atomic E-state index is -3.62. The maximum atomic E-state index is 12.3. The molecule has 0 unspecified atom stereocenters. The van der Waals surface area contributed by atoms with Gasteiger partial charge in [-0.15, -0.1) is 4.40 Å². The van der Waals surface area contributed by atoms with E-state index in [0.717, 1.165) is 0 Å². The van der Waals surface area contributed by atoms with Gasteiger partial charge in [-0.05, 0) is 24.3 Å². The molecule has 3 aromatic rings. The molecule has 0 aliphatic carbocycles. The van der Waals surface area contributed by atoms with E-state index >= 15 is 0 Å².